The Morgan fingerprint density at radius 2 is 1.75 bits per heavy atom. The van der Waals surface area contributed by atoms with E-state index in [0.29, 0.717) is 35.6 Å². The number of nitrogens with one attached hydrogen (secondary N) is 1. The van der Waals surface area contributed by atoms with Crippen LogP contribution >= 0.6 is 0 Å². The number of carbonyl (C=O) groups is 3. The smallest absolute Gasteiger partial charge is 0.392 e. The number of aromatic nitrogens is 2. The highest BCUT2D eigenvalue weighted by molar-refractivity contribution is 6.08. The van der Waals surface area contributed by atoms with E-state index in [9.17, 15) is 45.8 Å². The molecule has 0 aliphatic carbocycles. The number of likely N-dealkylation sites (N-methyl/N-ethyl adjacent to an activating group) is 1. The summed E-state index contributed by atoms with van der Waals surface area (Å²) in [5, 5.41) is 15.0. The van der Waals surface area contributed by atoms with Crippen LogP contribution in [0.4, 0.5) is 43.4 Å². The Labute approximate surface area is 246 Å². The molecule has 3 amide bonds. The van der Waals surface area contributed by atoms with Crippen molar-refractivity contribution in [3.05, 3.63) is 65.5 Å². The number of anilines is 3. The predicted molar refractivity (Wildman–Crippen MR) is 146 cm³/mol. The number of fused-ring (bicyclic) bond motifs is 1. The highest BCUT2D eigenvalue weighted by atomic mass is 19.4. The van der Waals surface area contributed by atoms with Gasteiger partial charge in [0.2, 0.25) is 5.91 Å². The van der Waals surface area contributed by atoms with Crippen LogP contribution in [0.15, 0.2) is 48.5 Å². The van der Waals surface area contributed by atoms with E-state index in [2.05, 4.69) is 5.10 Å². The highest BCUT2D eigenvalue weighted by Crippen LogP contribution is 2.37. The van der Waals surface area contributed by atoms with E-state index in [1.807, 2.05) is 4.90 Å². The number of carbonyl (C=O) groups excluding carboxylic acids is 3. The lowest BCUT2D eigenvalue weighted by Gasteiger charge is -2.28. The van der Waals surface area contributed by atoms with Gasteiger partial charge in [0.05, 0.1) is 18.3 Å². The highest BCUT2D eigenvalue weighted by Gasteiger charge is 2.43. The number of hydrogen-bond acceptors (Lipinski definition) is 6. The van der Waals surface area contributed by atoms with Crippen LogP contribution in [0.5, 0.6) is 0 Å². The van der Waals surface area contributed by atoms with Crippen molar-refractivity contribution in [2.75, 3.05) is 48.3 Å². The van der Waals surface area contributed by atoms with Gasteiger partial charge in [-0.15, -0.1) is 0 Å². The zero-order valence-corrected chi connectivity index (χ0v) is 23.1. The van der Waals surface area contributed by atoms with Crippen LogP contribution in [0.2, 0.25) is 0 Å². The number of rotatable bonds is 6. The molecule has 2 N–H and O–H groups in total. The zero-order chi connectivity index (χ0) is 32.0. The summed E-state index contributed by atoms with van der Waals surface area (Å²) in [6, 6.07) is 10.8. The summed E-state index contributed by atoms with van der Waals surface area (Å²) in [5.41, 5.74) is -1.78. The molecule has 2 aromatic carbocycles. The van der Waals surface area contributed by atoms with E-state index < -0.39 is 41.7 Å². The first-order chi connectivity index (χ1) is 20.6. The van der Waals surface area contributed by atoms with Crippen LogP contribution < -0.4 is 15.1 Å². The van der Waals surface area contributed by atoms with E-state index in [0.717, 1.165) is 12.1 Å². The van der Waals surface area contributed by atoms with Crippen molar-refractivity contribution in [2.45, 2.75) is 31.3 Å². The molecular formula is C28H26F6N6O4. The standard InChI is InChI=1S/C28H26F6N6O4/c1-37(22(42)15-38-11-9-20(41)14-38)17-5-7-18(8-6-17)39-12-10-21-23(25(39)43)40(36-24(21)27(29,30)31)19-4-2-3-16(13-19)35-26(44)28(32,33)34/h2-8,13,20,41H,9-12,14-15H2,1H3,(H,35,44). The SMILES string of the molecule is CN(C(=O)CN1CCC(O)C1)c1ccc(N2CCc3c(C(F)(F)F)nn(-c4cccc(NC(=O)C(F)(F)F)c4)c3C2=O)cc1. The summed E-state index contributed by atoms with van der Waals surface area (Å²) in [5.74, 6) is -3.33. The molecule has 234 valence electrons. The summed E-state index contributed by atoms with van der Waals surface area (Å²) in [4.78, 5) is 42.3. The minimum Gasteiger partial charge on any atom is -0.392 e. The second-order valence-corrected chi connectivity index (χ2v) is 10.4. The molecule has 0 radical (unpaired) electrons. The number of hydrogen-bond donors (Lipinski definition) is 2. The maximum Gasteiger partial charge on any atom is 0.471 e. The number of nitrogens with zero attached hydrogens (tertiary/aromatic N) is 5. The van der Waals surface area contributed by atoms with Crippen molar-refractivity contribution in [3.8, 4) is 5.69 Å². The van der Waals surface area contributed by atoms with Gasteiger partial charge in [0.15, 0.2) is 5.69 Å². The maximum absolute atomic E-state index is 13.9. The molecule has 1 saturated heterocycles. The number of aliphatic hydroxyl groups excluding tert-OH is 1. The molecule has 0 spiro atoms. The fourth-order valence-corrected chi connectivity index (χ4v) is 5.19. The number of aliphatic hydroxyl groups is 1. The number of alkyl halides is 6. The van der Waals surface area contributed by atoms with E-state index >= 15 is 0 Å². The predicted octanol–water partition coefficient (Wildman–Crippen LogP) is 3.62. The molecular weight excluding hydrogens is 598 g/mol. The third-order valence-corrected chi connectivity index (χ3v) is 7.42. The second-order valence-electron chi connectivity index (χ2n) is 10.4. The fraction of sp³-hybridized carbons (Fsp3) is 0.357. The number of likely N-dealkylation sites (tertiary alicyclic amines) is 1. The quantitative estimate of drug-likeness (QED) is 0.406. The molecule has 44 heavy (non-hydrogen) atoms. The van der Waals surface area contributed by atoms with Gasteiger partial charge in [-0.1, -0.05) is 6.07 Å². The molecule has 2 aliphatic heterocycles. The average molecular weight is 625 g/mol. The first-order valence-electron chi connectivity index (χ1n) is 13.4. The molecule has 1 aromatic heterocycles. The summed E-state index contributed by atoms with van der Waals surface area (Å²) in [6.07, 6.45) is -10.2. The third-order valence-electron chi connectivity index (χ3n) is 7.42. The van der Waals surface area contributed by atoms with Crippen molar-refractivity contribution in [2.24, 2.45) is 0 Å². The van der Waals surface area contributed by atoms with Gasteiger partial charge >= 0.3 is 18.3 Å². The maximum atomic E-state index is 13.9. The van der Waals surface area contributed by atoms with Gasteiger partial charge in [0.1, 0.15) is 5.69 Å². The molecule has 2 aliphatic rings. The summed E-state index contributed by atoms with van der Waals surface area (Å²) < 4.78 is 80.8. The molecule has 0 saturated carbocycles. The molecule has 5 rings (SSSR count). The van der Waals surface area contributed by atoms with Crippen molar-refractivity contribution in [1.29, 1.82) is 0 Å². The Balaban J connectivity index is 1.42. The van der Waals surface area contributed by atoms with E-state index in [4.69, 9.17) is 0 Å². The van der Waals surface area contributed by atoms with Crippen molar-refractivity contribution in [3.63, 3.8) is 0 Å². The van der Waals surface area contributed by atoms with Crippen molar-refractivity contribution >= 4 is 34.8 Å². The first-order valence-corrected chi connectivity index (χ1v) is 13.4. The topological polar surface area (TPSA) is 111 Å². The third kappa shape index (κ3) is 6.26. The Bertz CT molecular complexity index is 1590. The summed E-state index contributed by atoms with van der Waals surface area (Å²) in [6.45, 7) is 0.984. The van der Waals surface area contributed by atoms with E-state index in [-0.39, 0.29) is 42.4 Å². The van der Waals surface area contributed by atoms with Crippen molar-refractivity contribution in [1.82, 2.24) is 14.7 Å². The number of β-amino-alcohol motifs (C(OH)–C–C–N with tert-alkyl or cyclic N) is 1. The molecule has 0 bridgehead atoms. The monoisotopic (exact) mass is 624 g/mol. The van der Waals surface area contributed by atoms with Gasteiger partial charge in [0, 0.05) is 49.3 Å². The molecule has 3 heterocycles. The molecule has 1 unspecified atom stereocenters. The average Bonchev–Trinajstić information content (AvgIpc) is 3.56. The summed E-state index contributed by atoms with van der Waals surface area (Å²) in [7, 11) is 1.57. The number of halogens is 6. The zero-order valence-electron chi connectivity index (χ0n) is 23.1. The van der Waals surface area contributed by atoms with Crippen LogP contribution in [0.1, 0.15) is 28.2 Å². The fourth-order valence-electron chi connectivity index (χ4n) is 5.19. The lowest BCUT2D eigenvalue weighted by atomic mass is 10.0. The summed E-state index contributed by atoms with van der Waals surface area (Å²) >= 11 is 0. The molecule has 1 atom stereocenters. The lowest BCUT2D eigenvalue weighted by molar-refractivity contribution is -0.167. The van der Waals surface area contributed by atoms with E-state index in [1.165, 1.54) is 21.9 Å². The van der Waals surface area contributed by atoms with Crippen molar-refractivity contribution < 1.29 is 45.8 Å². The second kappa shape index (κ2) is 11.6. The van der Waals surface area contributed by atoms with Crippen LogP contribution in [-0.4, -0.2) is 83.0 Å². The first kappa shape index (κ1) is 31.0. The molecule has 10 nitrogen and oxygen atoms in total. The van der Waals surface area contributed by atoms with Crippen LogP contribution in [0, 0.1) is 0 Å². The van der Waals surface area contributed by atoms with Gasteiger partial charge < -0.3 is 20.2 Å². The Morgan fingerprint density at radius 1 is 1.05 bits per heavy atom. The Morgan fingerprint density at radius 3 is 2.36 bits per heavy atom. The number of benzene rings is 2. The minimum absolute atomic E-state index is 0.106. The van der Waals surface area contributed by atoms with Gasteiger partial charge in [-0.2, -0.15) is 31.4 Å². The molecule has 16 heteroatoms. The Kier molecular flexibility index (Phi) is 8.15. The van der Waals surface area contributed by atoms with Crippen LogP contribution in [0.3, 0.4) is 0 Å². The van der Waals surface area contributed by atoms with Gasteiger partial charge in [0.25, 0.3) is 5.91 Å². The van der Waals surface area contributed by atoms with Gasteiger partial charge in [-0.05, 0) is 55.3 Å². The van der Waals surface area contributed by atoms with Gasteiger partial charge in [-0.25, -0.2) is 4.68 Å². The Hall–Kier alpha value is -4.44. The van der Waals surface area contributed by atoms with Crippen LogP contribution in [0.25, 0.3) is 5.69 Å². The normalized spacial score (nSPS) is 17.5. The minimum atomic E-state index is -5.20. The van der Waals surface area contributed by atoms with E-state index in [1.54, 1.807) is 36.6 Å². The molecule has 1 fully saturated rings. The molecule has 3 aromatic rings. The number of amides is 3. The lowest BCUT2D eigenvalue weighted by Crippen LogP contribution is -2.39. The van der Waals surface area contributed by atoms with Gasteiger partial charge in [-0.3, -0.25) is 19.3 Å². The largest absolute Gasteiger partial charge is 0.471 e. The van der Waals surface area contributed by atoms with Crippen LogP contribution in [-0.2, 0) is 22.2 Å².